The van der Waals surface area contributed by atoms with Gasteiger partial charge in [0.05, 0.1) is 5.92 Å². The molecular formula is C11H14FNO2. The summed E-state index contributed by atoms with van der Waals surface area (Å²) < 4.78 is 13.0. The van der Waals surface area contributed by atoms with Crippen LogP contribution >= 0.6 is 0 Å². The van der Waals surface area contributed by atoms with E-state index in [0.717, 1.165) is 0 Å². The Kier molecular flexibility index (Phi) is 3.66. The molecule has 3 nitrogen and oxygen atoms in total. The van der Waals surface area contributed by atoms with Gasteiger partial charge in [0.1, 0.15) is 5.82 Å². The largest absolute Gasteiger partial charge is 0.481 e. The lowest BCUT2D eigenvalue weighted by Gasteiger charge is -2.15. The van der Waals surface area contributed by atoms with E-state index < -0.39 is 17.7 Å². The predicted octanol–water partition coefficient (Wildman–Crippen LogP) is 2.45. The number of benzene rings is 1. The number of anilines is 1. The summed E-state index contributed by atoms with van der Waals surface area (Å²) in [5.41, 5.74) is 1.15. The van der Waals surface area contributed by atoms with E-state index in [1.54, 1.807) is 20.0 Å². The van der Waals surface area contributed by atoms with Crippen molar-refractivity contribution in [3.05, 3.63) is 29.6 Å². The molecule has 1 unspecified atom stereocenters. The first kappa shape index (κ1) is 11.5. The molecule has 4 heteroatoms. The predicted molar refractivity (Wildman–Crippen MR) is 56.6 cm³/mol. The Morgan fingerprint density at radius 2 is 2.27 bits per heavy atom. The summed E-state index contributed by atoms with van der Waals surface area (Å²) in [6.45, 7) is 1.77. The summed E-state index contributed by atoms with van der Waals surface area (Å²) in [6, 6.07) is 4.13. The fourth-order valence-corrected chi connectivity index (χ4v) is 1.58. The van der Waals surface area contributed by atoms with E-state index in [0.29, 0.717) is 17.7 Å². The molecule has 1 rings (SSSR count). The van der Waals surface area contributed by atoms with Crippen LogP contribution in [0.3, 0.4) is 0 Å². The lowest BCUT2D eigenvalue weighted by Crippen LogP contribution is -2.12. The molecule has 1 aromatic carbocycles. The Labute approximate surface area is 87.9 Å². The number of nitrogens with one attached hydrogen (secondary N) is 1. The molecule has 0 spiro atoms. The number of hydrogen-bond acceptors (Lipinski definition) is 2. The minimum atomic E-state index is -0.931. The first-order valence-electron chi connectivity index (χ1n) is 4.80. The highest BCUT2D eigenvalue weighted by Crippen LogP contribution is 2.27. The highest BCUT2D eigenvalue weighted by Gasteiger charge is 2.20. The topological polar surface area (TPSA) is 49.3 Å². The van der Waals surface area contributed by atoms with Gasteiger partial charge in [0, 0.05) is 12.7 Å². The van der Waals surface area contributed by atoms with Gasteiger partial charge in [-0.2, -0.15) is 0 Å². The van der Waals surface area contributed by atoms with Crippen LogP contribution in [0.15, 0.2) is 18.2 Å². The molecule has 0 bridgehead atoms. The highest BCUT2D eigenvalue weighted by atomic mass is 19.1. The number of carboxylic acids is 1. The normalized spacial score (nSPS) is 12.2. The van der Waals surface area contributed by atoms with Crippen LogP contribution in [0.5, 0.6) is 0 Å². The van der Waals surface area contributed by atoms with Crippen molar-refractivity contribution in [1.29, 1.82) is 0 Å². The second kappa shape index (κ2) is 4.77. The second-order valence-corrected chi connectivity index (χ2v) is 3.28. The zero-order chi connectivity index (χ0) is 11.4. The molecule has 2 N–H and O–H groups in total. The second-order valence-electron chi connectivity index (χ2n) is 3.28. The standard InChI is InChI=1S/C11H14FNO2/c1-3-8(11(14)15)9-6-7(12)4-5-10(9)13-2/h4-6,8,13H,3H2,1-2H3,(H,14,15). The van der Waals surface area contributed by atoms with Gasteiger partial charge in [-0.3, -0.25) is 4.79 Å². The van der Waals surface area contributed by atoms with E-state index in [-0.39, 0.29) is 0 Å². The smallest absolute Gasteiger partial charge is 0.311 e. The molecule has 0 aliphatic heterocycles. The molecule has 82 valence electrons. The summed E-state index contributed by atoms with van der Waals surface area (Å²) in [6.07, 6.45) is 0.438. The summed E-state index contributed by atoms with van der Waals surface area (Å²) in [5.74, 6) is -2.01. The van der Waals surface area contributed by atoms with Gasteiger partial charge in [-0.05, 0) is 30.2 Å². The van der Waals surface area contributed by atoms with E-state index in [1.165, 1.54) is 12.1 Å². The van der Waals surface area contributed by atoms with Crippen LogP contribution in [-0.4, -0.2) is 18.1 Å². The van der Waals surface area contributed by atoms with E-state index in [2.05, 4.69) is 5.32 Å². The van der Waals surface area contributed by atoms with Crippen LogP contribution in [0.4, 0.5) is 10.1 Å². The van der Waals surface area contributed by atoms with Gasteiger partial charge in [-0.1, -0.05) is 6.92 Å². The van der Waals surface area contributed by atoms with Gasteiger partial charge in [0.2, 0.25) is 0 Å². The van der Waals surface area contributed by atoms with E-state index in [9.17, 15) is 9.18 Å². The molecule has 15 heavy (non-hydrogen) atoms. The monoisotopic (exact) mass is 211 g/mol. The number of halogens is 1. The number of rotatable bonds is 4. The number of carbonyl (C=O) groups is 1. The maximum absolute atomic E-state index is 13.0. The van der Waals surface area contributed by atoms with Gasteiger partial charge in [-0.25, -0.2) is 4.39 Å². The van der Waals surface area contributed by atoms with Crippen LogP contribution in [0.25, 0.3) is 0 Å². The van der Waals surface area contributed by atoms with Gasteiger partial charge < -0.3 is 10.4 Å². The molecule has 1 atom stereocenters. The van der Waals surface area contributed by atoms with Gasteiger partial charge >= 0.3 is 5.97 Å². The SMILES string of the molecule is CCC(C(=O)O)c1cc(F)ccc1NC. The van der Waals surface area contributed by atoms with Crippen molar-refractivity contribution in [1.82, 2.24) is 0 Å². The summed E-state index contributed by atoms with van der Waals surface area (Å²) in [5, 5.41) is 11.8. The molecule has 0 aromatic heterocycles. The Hall–Kier alpha value is -1.58. The molecule has 0 saturated carbocycles. The Bertz CT molecular complexity index is 366. The maximum atomic E-state index is 13.0. The van der Waals surface area contributed by atoms with Gasteiger partial charge in [0.15, 0.2) is 0 Å². The summed E-state index contributed by atoms with van der Waals surface area (Å²) in [4.78, 5) is 11.0. The van der Waals surface area contributed by atoms with Gasteiger partial charge in [-0.15, -0.1) is 0 Å². The highest BCUT2D eigenvalue weighted by molar-refractivity contribution is 5.78. The molecule has 1 aromatic rings. The van der Waals surface area contributed by atoms with Crippen molar-refractivity contribution in [2.24, 2.45) is 0 Å². The van der Waals surface area contributed by atoms with E-state index in [4.69, 9.17) is 5.11 Å². The number of hydrogen-bond donors (Lipinski definition) is 2. The lowest BCUT2D eigenvalue weighted by molar-refractivity contribution is -0.138. The van der Waals surface area contributed by atoms with Gasteiger partial charge in [0.25, 0.3) is 0 Å². The molecule has 0 heterocycles. The maximum Gasteiger partial charge on any atom is 0.311 e. The number of aliphatic carboxylic acids is 1. The Morgan fingerprint density at radius 3 is 2.73 bits per heavy atom. The molecule has 0 amide bonds. The molecular weight excluding hydrogens is 197 g/mol. The van der Waals surface area contributed by atoms with Crippen LogP contribution in [-0.2, 0) is 4.79 Å². The first-order valence-corrected chi connectivity index (χ1v) is 4.80. The quantitative estimate of drug-likeness (QED) is 0.804. The van der Waals surface area contributed by atoms with Crippen molar-refractivity contribution in [2.45, 2.75) is 19.3 Å². The van der Waals surface area contributed by atoms with Crippen molar-refractivity contribution in [3.63, 3.8) is 0 Å². The fraction of sp³-hybridized carbons (Fsp3) is 0.364. The van der Waals surface area contributed by atoms with Crippen LogP contribution in [0, 0.1) is 5.82 Å². The van der Waals surface area contributed by atoms with E-state index >= 15 is 0 Å². The summed E-state index contributed by atoms with van der Waals surface area (Å²) >= 11 is 0. The third kappa shape index (κ3) is 2.46. The minimum Gasteiger partial charge on any atom is -0.481 e. The van der Waals surface area contributed by atoms with Crippen LogP contribution in [0.2, 0.25) is 0 Å². The first-order chi connectivity index (χ1) is 7.10. The number of carboxylic acid groups (broad SMARTS) is 1. The van der Waals surface area contributed by atoms with Crippen molar-refractivity contribution in [3.8, 4) is 0 Å². The average molecular weight is 211 g/mol. The lowest BCUT2D eigenvalue weighted by atomic mass is 9.95. The molecule has 0 fully saturated rings. The average Bonchev–Trinajstić information content (AvgIpc) is 2.18. The minimum absolute atomic E-state index is 0.413. The summed E-state index contributed by atoms with van der Waals surface area (Å²) in [7, 11) is 1.69. The van der Waals surface area contributed by atoms with E-state index in [1.807, 2.05) is 0 Å². The molecule has 0 aliphatic rings. The zero-order valence-electron chi connectivity index (χ0n) is 8.75. The third-order valence-electron chi connectivity index (χ3n) is 2.36. The van der Waals surface area contributed by atoms with Crippen LogP contribution in [0.1, 0.15) is 24.8 Å². The van der Waals surface area contributed by atoms with Crippen molar-refractivity contribution in [2.75, 3.05) is 12.4 Å². The molecule has 0 saturated heterocycles. The van der Waals surface area contributed by atoms with Crippen molar-refractivity contribution >= 4 is 11.7 Å². The third-order valence-corrected chi connectivity index (χ3v) is 2.36. The van der Waals surface area contributed by atoms with Crippen LogP contribution < -0.4 is 5.32 Å². The molecule has 0 radical (unpaired) electrons. The Balaban J connectivity index is 3.19. The van der Waals surface area contributed by atoms with Crippen molar-refractivity contribution < 1.29 is 14.3 Å². The molecule has 0 aliphatic carbocycles. The zero-order valence-corrected chi connectivity index (χ0v) is 8.75. The Morgan fingerprint density at radius 1 is 1.60 bits per heavy atom. The fourth-order valence-electron chi connectivity index (χ4n) is 1.58.